The molecule has 0 aliphatic carbocycles. The lowest BCUT2D eigenvalue weighted by molar-refractivity contribution is -0.151. The summed E-state index contributed by atoms with van der Waals surface area (Å²) in [5.74, 6) is 0.110. The first-order chi connectivity index (χ1) is 10.1. The van der Waals surface area contributed by atoms with Crippen molar-refractivity contribution in [2.24, 2.45) is 0 Å². The van der Waals surface area contributed by atoms with Gasteiger partial charge in [-0.1, -0.05) is 41.1 Å². The topological polar surface area (TPSA) is 54.1 Å². The maximum absolute atomic E-state index is 12.6. The van der Waals surface area contributed by atoms with Gasteiger partial charge in [0, 0.05) is 22.8 Å². The van der Waals surface area contributed by atoms with Crippen LogP contribution in [0.2, 0.25) is 0 Å². The third-order valence-corrected chi connectivity index (χ3v) is 5.04. The number of hydrogen-bond donors (Lipinski definition) is 2. The summed E-state index contributed by atoms with van der Waals surface area (Å²) in [7, 11) is 0. The summed E-state index contributed by atoms with van der Waals surface area (Å²) in [6, 6.07) is 8.19. The summed E-state index contributed by atoms with van der Waals surface area (Å²) in [4.78, 5) is 16.0. The van der Waals surface area contributed by atoms with Crippen LogP contribution in [0, 0.1) is 0 Å². The number of aromatic nitrogens is 1. The van der Waals surface area contributed by atoms with Gasteiger partial charge < -0.3 is 9.72 Å². The minimum atomic E-state index is -0.836. The number of carbonyl (C=O) groups excluding carboxylic acids is 1. The second-order valence-corrected chi connectivity index (χ2v) is 6.06. The molecule has 2 atom stereocenters. The summed E-state index contributed by atoms with van der Waals surface area (Å²) < 4.78 is 5.31. The fourth-order valence-electron chi connectivity index (χ4n) is 3.13. The first kappa shape index (κ1) is 14.6. The molecule has 5 heteroatoms. The van der Waals surface area contributed by atoms with Gasteiger partial charge in [-0.2, -0.15) is 0 Å². The van der Waals surface area contributed by atoms with Crippen LogP contribution in [0.15, 0.2) is 24.3 Å². The molecule has 0 radical (unpaired) electrons. The van der Waals surface area contributed by atoms with Crippen molar-refractivity contribution < 1.29 is 9.53 Å². The first-order valence-corrected chi connectivity index (χ1v) is 8.35. The fourth-order valence-corrected chi connectivity index (χ4v) is 3.83. The van der Waals surface area contributed by atoms with Gasteiger partial charge in [0.25, 0.3) is 0 Å². The highest BCUT2D eigenvalue weighted by molar-refractivity contribution is 9.09. The summed E-state index contributed by atoms with van der Waals surface area (Å²) in [5.41, 5.74) is 2.37. The molecule has 3 rings (SSSR count). The fraction of sp³-hybridized carbons (Fsp3) is 0.438. The number of hydrogen-bond acceptors (Lipinski definition) is 3. The van der Waals surface area contributed by atoms with Crippen LogP contribution in [-0.4, -0.2) is 29.4 Å². The van der Waals surface area contributed by atoms with Crippen molar-refractivity contribution in [1.82, 2.24) is 10.3 Å². The van der Waals surface area contributed by atoms with E-state index in [2.05, 4.69) is 39.2 Å². The summed E-state index contributed by atoms with van der Waals surface area (Å²) in [6.07, 6.45) is 0. The van der Waals surface area contributed by atoms with Crippen LogP contribution in [0.4, 0.5) is 0 Å². The van der Waals surface area contributed by atoms with Gasteiger partial charge in [0.1, 0.15) is 0 Å². The van der Waals surface area contributed by atoms with E-state index in [9.17, 15) is 4.79 Å². The lowest BCUT2D eigenvalue weighted by Gasteiger charge is -2.37. The van der Waals surface area contributed by atoms with E-state index in [4.69, 9.17) is 4.74 Å². The minimum absolute atomic E-state index is 0.235. The number of rotatable bonds is 3. The zero-order chi connectivity index (χ0) is 15.0. The number of ether oxygens (including phenoxy) is 1. The lowest BCUT2D eigenvalue weighted by atomic mass is 9.83. The third kappa shape index (κ3) is 2.10. The Labute approximate surface area is 132 Å². The van der Waals surface area contributed by atoms with Crippen LogP contribution in [0.5, 0.6) is 0 Å². The van der Waals surface area contributed by atoms with Gasteiger partial charge >= 0.3 is 5.97 Å². The van der Waals surface area contributed by atoms with Crippen LogP contribution in [0.1, 0.15) is 31.0 Å². The highest BCUT2D eigenvalue weighted by Crippen LogP contribution is 2.40. The largest absolute Gasteiger partial charge is 0.464 e. The zero-order valence-corrected chi connectivity index (χ0v) is 13.8. The molecule has 0 fully saturated rings. The number of benzene rings is 1. The number of nitrogens with one attached hydrogen (secondary N) is 2. The van der Waals surface area contributed by atoms with Gasteiger partial charge in [-0.05, 0) is 24.5 Å². The number of esters is 1. The van der Waals surface area contributed by atoms with E-state index in [1.54, 1.807) is 0 Å². The Kier molecular flexibility index (Phi) is 3.80. The Morgan fingerprint density at radius 3 is 2.95 bits per heavy atom. The highest BCUT2D eigenvalue weighted by Gasteiger charge is 2.47. The number of alkyl halides is 1. The van der Waals surface area contributed by atoms with Gasteiger partial charge in [0.05, 0.1) is 12.3 Å². The van der Waals surface area contributed by atoms with E-state index in [0.717, 1.165) is 17.8 Å². The van der Waals surface area contributed by atoms with Gasteiger partial charge in [-0.25, -0.2) is 4.79 Å². The van der Waals surface area contributed by atoms with Gasteiger partial charge in [0.2, 0.25) is 0 Å². The molecule has 112 valence electrons. The standard InChI is InChI=1S/C16H19BrN2O2/c1-3-21-15(20)16(9-17)14-13(10(2)8-18-16)11-6-4-5-7-12(11)19-14/h4-7,10,18-19H,3,8-9H2,1-2H3. The van der Waals surface area contributed by atoms with Crippen LogP contribution >= 0.6 is 15.9 Å². The molecule has 0 saturated heterocycles. The van der Waals surface area contributed by atoms with Crippen molar-refractivity contribution in [2.45, 2.75) is 25.3 Å². The quantitative estimate of drug-likeness (QED) is 0.660. The summed E-state index contributed by atoms with van der Waals surface area (Å²) in [5, 5.41) is 5.05. The molecule has 2 heterocycles. The Morgan fingerprint density at radius 2 is 2.24 bits per heavy atom. The maximum atomic E-state index is 12.6. The molecule has 1 aromatic heterocycles. The van der Waals surface area contributed by atoms with Crippen molar-refractivity contribution in [3.05, 3.63) is 35.5 Å². The molecule has 0 bridgehead atoms. The number of carbonyl (C=O) groups is 1. The number of para-hydroxylation sites is 1. The normalized spacial score (nSPS) is 24.8. The molecule has 21 heavy (non-hydrogen) atoms. The molecule has 0 spiro atoms. The van der Waals surface area contributed by atoms with E-state index < -0.39 is 5.54 Å². The van der Waals surface area contributed by atoms with Crippen molar-refractivity contribution in [3.8, 4) is 0 Å². The molecule has 1 aromatic carbocycles. The molecule has 2 unspecified atom stereocenters. The third-order valence-electron chi connectivity index (χ3n) is 4.20. The number of aromatic amines is 1. The molecule has 0 saturated carbocycles. The van der Waals surface area contributed by atoms with E-state index in [-0.39, 0.29) is 5.97 Å². The molecule has 1 aliphatic rings. The molecule has 4 nitrogen and oxygen atoms in total. The SMILES string of the molecule is CCOC(=O)C1(CBr)NCC(C)c2c1[nH]c1ccccc21. The Balaban J connectivity index is 2.24. The molecular formula is C16H19BrN2O2. The molecule has 2 aromatic rings. The first-order valence-electron chi connectivity index (χ1n) is 7.23. The molecule has 1 aliphatic heterocycles. The maximum Gasteiger partial charge on any atom is 0.333 e. The monoisotopic (exact) mass is 350 g/mol. The Hall–Kier alpha value is -1.33. The van der Waals surface area contributed by atoms with Crippen molar-refractivity contribution >= 4 is 32.8 Å². The van der Waals surface area contributed by atoms with Crippen molar-refractivity contribution in [2.75, 3.05) is 18.5 Å². The van der Waals surface area contributed by atoms with Crippen LogP contribution in [0.25, 0.3) is 10.9 Å². The predicted molar refractivity (Wildman–Crippen MR) is 86.8 cm³/mol. The predicted octanol–water partition coefficient (Wildman–Crippen LogP) is 3.03. The van der Waals surface area contributed by atoms with Gasteiger partial charge in [-0.3, -0.25) is 5.32 Å². The van der Waals surface area contributed by atoms with Crippen LogP contribution in [-0.2, 0) is 15.1 Å². The molecule has 0 amide bonds. The van der Waals surface area contributed by atoms with E-state index in [1.807, 2.05) is 25.1 Å². The second-order valence-electron chi connectivity index (χ2n) is 5.50. The zero-order valence-electron chi connectivity index (χ0n) is 12.2. The minimum Gasteiger partial charge on any atom is -0.464 e. The van der Waals surface area contributed by atoms with Crippen molar-refractivity contribution in [1.29, 1.82) is 0 Å². The average Bonchev–Trinajstić information content (AvgIpc) is 2.89. The summed E-state index contributed by atoms with van der Waals surface area (Å²) >= 11 is 3.50. The molecule has 2 N–H and O–H groups in total. The van der Waals surface area contributed by atoms with Crippen molar-refractivity contribution in [3.63, 3.8) is 0 Å². The smallest absolute Gasteiger partial charge is 0.333 e. The van der Waals surface area contributed by atoms with Gasteiger partial charge in [0.15, 0.2) is 5.54 Å². The Bertz CT molecular complexity index is 682. The van der Waals surface area contributed by atoms with E-state index >= 15 is 0 Å². The molecular weight excluding hydrogens is 332 g/mol. The average molecular weight is 351 g/mol. The second kappa shape index (κ2) is 5.46. The lowest BCUT2D eigenvalue weighted by Crippen LogP contribution is -2.56. The van der Waals surface area contributed by atoms with Gasteiger partial charge in [-0.15, -0.1) is 0 Å². The van der Waals surface area contributed by atoms with Crippen LogP contribution in [0.3, 0.4) is 0 Å². The highest BCUT2D eigenvalue weighted by atomic mass is 79.9. The van der Waals surface area contributed by atoms with E-state index in [0.29, 0.717) is 17.9 Å². The number of fused-ring (bicyclic) bond motifs is 3. The van der Waals surface area contributed by atoms with Crippen LogP contribution < -0.4 is 5.32 Å². The van der Waals surface area contributed by atoms with E-state index in [1.165, 1.54) is 10.9 Å². The summed E-state index contributed by atoms with van der Waals surface area (Å²) in [6.45, 7) is 5.13. The number of halogens is 1. The number of H-pyrrole nitrogens is 1. The Morgan fingerprint density at radius 1 is 1.48 bits per heavy atom.